The summed E-state index contributed by atoms with van der Waals surface area (Å²) >= 11 is 0. The van der Waals surface area contributed by atoms with E-state index in [4.69, 9.17) is 9.72 Å². The third-order valence-corrected chi connectivity index (χ3v) is 7.11. The fourth-order valence-electron chi connectivity index (χ4n) is 4.86. The highest BCUT2D eigenvalue weighted by Gasteiger charge is 2.27. The molecular formula is C28H32FN7O3. The predicted molar refractivity (Wildman–Crippen MR) is 147 cm³/mol. The highest BCUT2D eigenvalue weighted by molar-refractivity contribution is 5.83. The number of nitrogens with one attached hydrogen (secondary N) is 1. The van der Waals surface area contributed by atoms with Gasteiger partial charge >= 0.3 is 5.97 Å². The molecule has 4 heterocycles. The molecule has 2 N–H and O–H groups in total. The monoisotopic (exact) mass is 533 g/mol. The van der Waals surface area contributed by atoms with E-state index >= 15 is 0 Å². The third kappa shape index (κ3) is 5.99. The van der Waals surface area contributed by atoms with E-state index in [-0.39, 0.29) is 30.9 Å². The fourth-order valence-corrected chi connectivity index (χ4v) is 4.86. The zero-order chi connectivity index (χ0) is 27.4. The Bertz CT molecular complexity index is 1450. The van der Waals surface area contributed by atoms with E-state index < -0.39 is 5.82 Å². The summed E-state index contributed by atoms with van der Waals surface area (Å²) in [6.07, 6.45) is 5.22. The molecule has 0 atom stereocenters. The molecule has 39 heavy (non-hydrogen) atoms. The molecule has 1 fully saturated rings. The second kappa shape index (κ2) is 11.7. The van der Waals surface area contributed by atoms with E-state index in [1.807, 2.05) is 17.0 Å². The molecule has 1 aromatic carbocycles. The lowest BCUT2D eigenvalue weighted by Gasteiger charge is -2.38. The number of aliphatic hydroxyl groups is 1. The number of ether oxygens (including phenoxy) is 1. The zero-order valence-corrected chi connectivity index (χ0v) is 22.0. The molecule has 0 aliphatic carbocycles. The number of methoxy groups -OCH3 is 1. The van der Waals surface area contributed by atoms with Gasteiger partial charge in [0.25, 0.3) is 0 Å². The standard InChI is InChI=1S/C28H32FN7O3/c1-3-34-11-9-21(10-12-34)35(17-28(38)39-2)27-7-4-19-16-30-26(15-25(19)32-27)31-24-6-5-22(14-23(24)29)36-13-8-20(18-37)33-36/h4-8,13-16,21,37H,3,9-12,17-18H2,1-2H3,(H,30,31). The van der Waals surface area contributed by atoms with Gasteiger partial charge in [-0.2, -0.15) is 5.10 Å². The van der Waals surface area contributed by atoms with Gasteiger partial charge in [-0.1, -0.05) is 6.92 Å². The maximum absolute atomic E-state index is 15.0. The molecule has 0 radical (unpaired) electrons. The SMILES string of the molecule is CCN1CCC(N(CC(=O)OC)c2ccc3cnc(Nc4ccc(-n5ccc(CO)n5)cc4F)cc3n2)CC1. The average molecular weight is 534 g/mol. The average Bonchev–Trinajstić information content (AvgIpc) is 3.46. The number of carbonyl (C=O) groups excluding carboxylic acids is 1. The van der Waals surface area contributed by atoms with Gasteiger partial charge in [0.15, 0.2) is 0 Å². The minimum Gasteiger partial charge on any atom is -0.468 e. The summed E-state index contributed by atoms with van der Waals surface area (Å²) in [6, 6.07) is 12.2. The molecule has 0 amide bonds. The predicted octanol–water partition coefficient (Wildman–Crippen LogP) is 3.65. The number of hydrogen-bond acceptors (Lipinski definition) is 9. The molecule has 3 aromatic heterocycles. The molecule has 0 saturated carbocycles. The molecule has 4 aromatic rings. The maximum Gasteiger partial charge on any atom is 0.325 e. The van der Waals surface area contributed by atoms with Crippen molar-refractivity contribution in [2.45, 2.75) is 32.4 Å². The molecule has 5 rings (SSSR count). The second-order valence-electron chi connectivity index (χ2n) is 9.50. The van der Waals surface area contributed by atoms with Crippen LogP contribution in [0.15, 0.2) is 54.9 Å². The van der Waals surface area contributed by atoms with Crippen LogP contribution in [0.1, 0.15) is 25.5 Å². The van der Waals surface area contributed by atoms with Gasteiger partial charge in [-0.05, 0) is 49.7 Å². The molecule has 1 saturated heterocycles. The van der Waals surface area contributed by atoms with Crippen LogP contribution in [0.5, 0.6) is 0 Å². The van der Waals surface area contributed by atoms with Crippen LogP contribution in [0.4, 0.5) is 21.7 Å². The van der Waals surface area contributed by atoms with Gasteiger partial charge in [-0.15, -0.1) is 0 Å². The summed E-state index contributed by atoms with van der Waals surface area (Å²) in [5.74, 6) is 0.349. The van der Waals surface area contributed by atoms with Crippen molar-refractivity contribution in [3.8, 4) is 5.69 Å². The van der Waals surface area contributed by atoms with Crippen molar-refractivity contribution in [3.05, 3.63) is 66.4 Å². The van der Waals surface area contributed by atoms with E-state index in [1.54, 1.807) is 36.7 Å². The first-order chi connectivity index (χ1) is 19.0. The van der Waals surface area contributed by atoms with Gasteiger partial charge in [0.2, 0.25) is 0 Å². The van der Waals surface area contributed by atoms with Crippen molar-refractivity contribution < 1.29 is 19.0 Å². The van der Waals surface area contributed by atoms with Crippen LogP contribution in [-0.4, -0.2) is 75.1 Å². The van der Waals surface area contributed by atoms with Gasteiger partial charge in [-0.3, -0.25) is 4.79 Å². The number of fused-ring (bicyclic) bond motifs is 1. The molecule has 0 spiro atoms. The van der Waals surface area contributed by atoms with E-state index in [0.717, 1.165) is 37.9 Å². The zero-order valence-electron chi connectivity index (χ0n) is 22.0. The number of likely N-dealkylation sites (tertiary alicyclic amines) is 1. The molecule has 0 bridgehead atoms. The molecular weight excluding hydrogens is 501 g/mol. The lowest BCUT2D eigenvalue weighted by atomic mass is 10.0. The molecule has 11 heteroatoms. The molecule has 1 aliphatic rings. The molecule has 1 aliphatic heterocycles. The summed E-state index contributed by atoms with van der Waals surface area (Å²) < 4.78 is 21.4. The Hall–Kier alpha value is -4.09. The highest BCUT2D eigenvalue weighted by atomic mass is 19.1. The van der Waals surface area contributed by atoms with Gasteiger partial charge < -0.3 is 25.0 Å². The van der Waals surface area contributed by atoms with Crippen molar-refractivity contribution in [2.24, 2.45) is 0 Å². The maximum atomic E-state index is 15.0. The quantitative estimate of drug-likeness (QED) is 0.312. The number of aromatic nitrogens is 4. The third-order valence-electron chi connectivity index (χ3n) is 7.11. The summed E-state index contributed by atoms with van der Waals surface area (Å²) in [7, 11) is 1.39. The van der Waals surface area contributed by atoms with Crippen LogP contribution < -0.4 is 10.2 Å². The first-order valence-corrected chi connectivity index (χ1v) is 13.0. The summed E-state index contributed by atoms with van der Waals surface area (Å²) in [5, 5.41) is 17.3. The van der Waals surface area contributed by atoms with Crippen molar-refractivity contribution in [2.75, 3.05) is 43.5 Å². The van der Waals surface area contributed by atoms with Crippen molar-refractivity contribution in [1.29, 1.82) is 0 Å². The molecule has 204 valence electrons. The van der Waals surface area contributed by atoms with Crippen LogP contribution in [-0.2, 0) is 16.1 Å². The number of pyridine rings is 2. The van der Waals surface area contributed by atoms with Gasteiger partial charge in [0, 0.05) is 49.0 Å². The number of esters is 1. The van der Waals surface area contributed by atoms with Crippen molar-refractivity contribution in [3.63, 3.8) is 0 Å². The van der Waals surface area contributed by atoms with E-state index in [0.29, 0.717) is 28.5 Å². The Morgan fingerprint density at radius 2 is 2.03 bits per heavy atom. The van der Waals surface area contributed by atoms with Crippen LogP contribution in [0, 0.1) is 5.82 Å². The van der Waals surface area contributed by atoms with Crippen LogP contribution in [0.25, 0.3) is 16.6 Å². The Kier molecular flexibility index (Phi) is 7.99. The Morgan fingerprint density at radius 1 is 1.21 bits per heavy atom. The Balaban J connectivity index is 1.38. The Labute approximate surface area is 226 Å². The number of anilines is 3. The first-order valence-electron chi connectivity index (χ1n) is 13.0. The number of nitrogens with zero attached hydrogens (tertiary/aromatic N) is 6. The second-order valence-corrected chi connectivity index (χ2v) is 9.50. The topological polar surface area (TPSA) is 109 Å². The van der Waals surface area contributed by atoms with Gasteiger partial charge in [0.05, 0.1) is 36.3 Å². The smallest absolute Gasteiger partial charge is 0.325 e. The largest absolute Gasteiger partial charge is 0.468 e. The number of rotatable bonds is 9. The van der Waals surface area contributed by atoms with Gasteiger partial charge in [-0.25, -0.2) is 19.0 Å². The van der Waals surface area contributed by atoms with Crippen molar-refractivity contribution in [1.82, 2.24) is 24.6 Å². The lowest BCUT2D eigenvalue weighted by Crippen LogP contribution is -2.47. The number of carbonyl (C=O) groups is 1. The number of halogens is 1. The number of benzene rings is 1. The highest BCUT2D eigenvalue weighted by Crippen LogP contribution is 2.27. The van der Waals surface area contributed by atoms with Crippen LogP contribution in [0.2, 0.25) is 0 Å². The minimum atomic E-state index is -0.472. The lowest BCUT2D eigenvalue weighted by molar-refractivity contribution is -0.139. The van der Waals surface area contributed by atoms with Crippen LogP contribution in [0.3, 0.4) is 0 Å². The minimum absolute atomic E-state index is 0.121. The molecule has 10 nitrogen and oxygen atoms in total. The van der Waals surface area contributed by atoms with Gasteiger partial charge in [0.1, 0.15) is 24.0 Å². The fraction of sp³-hybridized carbons (Fsp3) is 0.357. The van der Waals surface area contributed by atoms with Crippen LogP contribution >= 0.6 is 0 Å². The summed E-state index contributed by atoms with van der Waals surface area (Å²) in [5.41, 5.74) is 1.97. The van der Waals surface area contributed by atoms with E-state index in [2.05, 4.69) is 27.2 Å². The van der Waals surface area contributed by atoms with E-state index in [1.165, 1.54) is 17.9 Å². The molecule has 0 unspecified atom stereocenters. The number of aliphatic hydroxyl groups excluding tert-OH is 1. The van der Waals surface area contributed by atoms with Crippen molar-refractivity contribution >= 4 is 34.2 Å². The summed E-state index contributed by atoms with van der Waals surface area (Å²) in [6.45, 7) is 5.05. The summed E-state index contributed by atoms with van der Waals surface area (Å²) in [4.78, 5) is 26.0. The normalized spacial score (nSPS) is 14.5. The number of hydrogen-bond donors (Lipinski definition) is 2. The Morgan fingerprint density at radius 3 is 2.72 bits per heavy atom. The first kappa shape index (κ1) is 26.5. The number of piperidine rings is 1. The van der Waals surface area contributed by atoms with E-state index in [9.17, 15) is 14.3 Å².